The topological polar surface area (TPSA) is 67.4 Å². The molecular weight excluding hydrogens is 304 g/mol. The molecule has 0 spiro atoms. The minimum absolute atomic E-state index is 0.0276. The van der Waals surface area contributed by atoms with Crippen LogP contribution in [0.4, 0.5) is 0 Å². The summed E-state index contributed by atoms with van der Waals surface area (Å²) in [5.41, 5.74) is 3.67. The summed E-state index contributed by atoms with van der Waals surface area (Å²) in [7, 11) is 1.59. The van der Waals surface area contributed by atoms with Crippen LogP contribution in [0, 0.1) is 13.8 Å². The highest BCUT2D eigenvalue weighted by atomic mass is 16.5. The summed E-state index contributed by atoms with van der Waals surface area (Å²) in [5, 5.41) is 5.36. The predicted octanol–water partition coefficient (Wildman–Crippen LogP) is 2.36. The molecule has 0 saturated carbocycles. The van der Waals surface area contributed by atoms with Crippen LogP contribution in [0.15, 0.2) is 42.5 Å². The average molecular weight is 326 g/mol. The van der Waals surface area contributed by atoms with E-state index in [2.05, 4.69) is 10.6 Å². The number of rotatable bonds is 6. The molecule has 0 atom stereocenters. The number of hydrogen-bond acceptors (Lipinski definition) is 3. The maximum Gasteiger partial charge on any atom is 0.258 e. The highest BCUT2D eigenvalue weighted by Gasteiger charge is 2.06. The van der Waals surface area contributed by atoms with Crippen molar-refractivity contribution in [1.29, 1.82) is 0 Å². The smallest absolute Gasteiger partial charge is 0.258 e. The van der Waals surface area contributed by atoms with Crippen molar-refractivity contribution in [3.8, 4) is 5.75 Å². The van der Waals surface area contributed by atoms with Crippen molar-refractivity contribution in [3.63, 3.8) is 0 Å². The molecule has 0 aliphatic rings. The van der Waals surface area contributed by atoms with Gasteiger partial charge < -0.3 is 15.4 Å². The Morgan fingerprint density at radius 2 is 1.75 bits per heavy atom. The lowest BCUT2D eigenvalue weighted by Gasteiger charge is -2.10. The lowest BCUT2D eigenvalue weighted by Crippen LogP contribution is -2.28. The summed E-state index contributed by atoms with van der Waals surface area (Å²) in [5.74, 6) is 0.392. The molecule has 24 heavy (non-hydrogen) atoms. The maximum atomic E-state index is 11.9. The number of carbonyl (C=O) groups excluding carboxylic acids is 2. The Morgan fingerprint density at radius 1 is 1.04 bits per heavy atom. The highest BCUT2D eigenvalue weighted by Crippen LogP contribution is 2.18. The van der Waals surface area contributed by atoms with Gasteiger partial charge in [-0.1, -0.05) is 29.8 Å². The van der Waals surface area contributed by atoms with Gasteiger partial charge in [-0.15, -0.1) is 0 Å². The number of hydrogen-bond donors (Lipinski definition) is 2. The Labute approximate surface area is 142 Å². The molecule has 2 rings (SSSR count). The van der Waals surface area contributed by atoms with E-state index in [1.54, 1.807) is 19.2 Å². The molecule has 0 aliphatic carbocycles. The van der Waals surface area contributed by atoms with Crippen LogP contribution in [0.3, 0.4) is 0 Å². The maximum absolute atomic E-state index is 11.9. The van der Waals surface area contributed by atoms with Crippen LogP contribution in [-0.4, -0.2) is 25.5 Å². The van der Waals surface area contributed by atoms with Crippen LogP contribution in [0.5, 0.6) is 5.75 Å². The molecule has 0 saturated heterocycles. The molecule has 2 amide bonds. The molecule has 5 heteroatoms. The molecule has 0 aromatic heterocycles. The first-order chi connectivity index (χ1) is 11.5. The van der Waals surface area contributed by atoms with E-state index in [9.17, 15) is 9.59 Å². The first kappa shape index (κ1) is 17.5. The van der Waals surface area contributed by atoms with Gasteiger partial charge in [0.15, 0.2) is 6.61 Å². The summed E-state index contributed by atoms with van der Waals surface area (Å²) < 4.78 is 5.54. The zero-order valence-electron chi connectivity index (χ0n) is 14.2. The molecule has 0 heterocycles. The Kier molecular flexibility index (Phi) is 5.95. The van der Waals surface area contributed by atoms with Crippen molar-refractivity contribution in [1.82, 2.24) is 10.6 Å². The second-order valence-electron chi connectivity index (χ2n) is 5.61. The second-order valence-corrected chi connectivity index (χ2v) is 5.61. The molecular formula is C19H22N2O3. The van der Waals surface area contributed by atoms with Gasteiger partial charge in [0.25, 0.3) is 11.8 Å². The van der Waals surface area contributed by atoms with Crippen molar-refractivity contribution in [3.05, 3.63) is 64.7 Å². The van der Waals surface area contributed by atoms with Crippen LogP contribution in [0.1, 0.15) is 27.0 Å². The van der Waals surface area contributed by atoms with Gasteiger partial charge in [0.05, 0.1) is 0 Å². The SMILES string of the molecule is CNC(=O)c1ccc(CNC(=O)COc2ccc(C)cc2C)cc1. The van der Waals surface area contributed by atoms with Gasteiger partial charge in [-0.2, -0.15) is 0 Å². The lowest BCUT2D eigenvalue weighted by molar-refractivity contribution is -0.123. The van der Waals surface area contributed by atoms with E-state index in [0.717, 1.165) is 16.7 Å². The van der Waals surface area contributed by atoms with Crippen LogP contribution in [0.25, 0.3) is 0 Å². The van der Waals surface area contributed by atoms with Gasteiger partial charge in [0, 0.05) is 19.2 Å². The third-order valence-corrected chi connectivity index (χ3v) is 3.62. The molecule has 2 N–H and O–H groups in total. The summed E-state index contributed by atoms with van der Waals surface area (Å²) in [4.78, 5) is 23.4. The van der Waals surface area contributed by atoms with E-state index in [-0.39, 0.29) is 18.4 Å². The van der Waals surface area contributed by atoms with E-state index >= 15 is 0 Å². The lowest BCUT2D eigenvalue weighted by atomic mass is 10.1. The van der Waals surface area contributed by atoms with E-state index < -0.39 is 0 Å². The van der Waals surface area contributed by atoms with Crippen molar-refractivity contribution < 1.29 is 14.3 Å². The fourth-order valence-electron chi connectivity index (χ4n) is 2.27. The fourth-order valence-corrected chi connectivity index (χ4v) is 2.27. The summed E-state index contributed by atoms with van der Waals surface area (Å²) in [6.07, 6.45) is 0. The number of carbonyl (C=O) groups is 2. The summed E-state index contributed by atoms with van der Waals surface area (Å²) >= 11 is 0. The Morgan fingerprint density at radius 3 is 2.38 bits per heavy atom. The standard InChI is InChI=1S/C19H22N2O3/c1-13-4-9-17(14(2)10-13)24-12-18(22)21-11-15-5-7-16(8-6-15)19(23)20-3/h4-10H,11-12H2,1-3H3,(H,20,23)(H,21,22). The summed E-state index contributed by atoms with van der Waals surface area (Å²) in [6, 6.07) is 12.9. The van der Waals surface area contributed by atoms with Crippen LogP contribution in [-0.2, 0) is 11.3 Å². The van der Waals surface area contributed by atoms with Gasteiger partial charge >= 0.3 is 0 Å². The Bertz CT molecular complexity index is 724. The van der Waals surface area contributed by atoms with Gasteiger partial charge in [0.2, 0.25) is 0 Å². The monoisotopic (exact) mass is 326 g/mol. The number of nitrogens with one attached hydrogen (secondary N) is 2. The van der Waals surface area contributed by atoms with E-state index in [0.29, 0.717) is 17.9 Å². The summed E-state index contributed by atoms with van der Waals surface area (Å²) in [6.45, 7) is 4.33. The zero-order valence-corrected chi connectivity index (χ0v) is 14.2. The van der Waals surface area contributed by atoms with Gasteiger partial charge in [0.1, 0.15) is 5.75 Å². The minimum atomic E-state index is -0.189. The van der Waals surface area contributed by atoms with Crippen LogP contribution >= 0.6 is 0 Å². The van der Waals surface area contributed by atoms with Gasteiger partial charge in [-0.3, -0.25) is 9.59 Å². The third kappa shape index (κ3) is 4.84. The molecule has 0 bridgehead atoms. The number of benzene rings is 2. The predicted molar refractivity (Wildman–Crippen MR) is 93.1 cm³/mol. The first-order valence-corrected chi connectivity index (χ1v) is 7.77. The van der Waals surface area contributed by atoms with Crippen molar-refractivity contribution in [2.75, 3.05) is 13.7 Å². The highest BCUT2D eigenvalue weighted by molar-refractivity contribution is 5.93. The van der Waals surface area contributed by atoms with E-state index in [1.807, 2.05) is 44.2 Å². The number of amides is 2. The molecule has 0 aliphatic heterocycles. The number of aryl methyl sites for hydroxylation is 2. The quantitative estimate of drug-likeness (QED) is 0.856. The third-order valence-electron chi connectivity index (χ3n) is 3.62. The molecule has 5 nitrogen and oxygen atoms in total. The first-order valence-electron chi connectivity index (χ1n) is 7.77. The Hall–Kier alpha value is -2.82. The van der Waals surface area contributed by atoms with Gasteiger partial charge in [-0.05, 0) is 43.2 Å². The molecule has 0 radical (unpaired) electrons. The van der Waals surface area contributed by atoms with E-state index in [4.69, 9.17) is 4.74 Å². The van der Waals surface area contributed by atoms with Crippen molar-refractivity contribution in [2.45, 2.75) is 20.4 Å². The van der Waals surface area contributed by atoms with E-state index in [1.165, 1.54) is 0 Å². The van der Waals surface area contributed by atoms with Crippen molar-refractivity contribution in [2.24, 2.45) is 0 Å². The minimum Gasteiger partial charge on any atom is -0.484 e. The molecule has 2 aromatic carbocycles. The fraction of sp³-hybridized carbons (Fsp3) is 0.263. The molecule has 126 valence electrons. The normalized spacial score (nSPS) is 10.1. The van der Waals surface area contributed by atoms with Crippen molar-refractivity contribution >= 4 is 11.8 Å². The largest absolute Gasteiger partial charge is 0.484 e. The molecule has 2 aromatic rings. The van der Waals surface area contributed by atoms with Crippen LogP contribution in [0.2, 0.25) is 0 Å². The van der Waals surface area contributed by atoms with Gasteiger partial charge in [-0.25, -0.2) is 0 Å². The number of ether oxygens (including phenoxy) is 1. The van der Waals surface area contributed by atoms with Crippen LogP contribution < -0.4 is 15.4 Å². The Balaban J connectivity index is 1.81. The molecule has 0 fully saturated rings. The zero-order chi connectivity index (χ0) is 17.5. The second kappa shape index (κ2) is 8.15. The average Bonchev–Trinajstić information content (AvgIpc) is 2.59. The molecule has 0 unspecified atom stereocenters.